The molecule has 1 unspecified atom stereocenters. The molecular formula is C15H30N2O2. The minimum atomic E-state index is -0.150. The van der Waals surface area contributed by atoms with Crippen LogP contribution in [0.2, 0.25) is 0 Å². The number of hydrogen-bond donors (Lipinski definition) is 1. The van der Waals surface area contributed by atoms with Crippen LogP contribution in [0.1, 0.15) is 46.0 Å². The highest BCUT2D eigenvalue weighted by Crippen LogP contribution is 2.21. The Morgan fingerprint density at radius 2 is 2.05 bits per heavy atom. The molecule has 112 valence electrons. The van der Waals surface area contributed by atoms with Crippen LogP contribution >= 0.6 is 0 Å². The maximum Gasteiger partial charge on any atom is 0.322 e. The molecule has 1 atom stereocenters. The van der Waals surface area contributed by atoms with Gasteiger partial charge < -0.3 is 15.0 Å². The Morgan fingerprint density at radius 3 is 2.58 bits per heavy atom. The summed E-state index contributed by atoms with van der Waals surface area (Å²) in [5.74, 6) is 0.786. The Balaban J connectivity index is 2.26. The van der Waals surface area contributed by atoms with E-state index in [4.69, 9.17) is 4.74 Å². The zero-order valence-electron chi connectivity index (χ0n) is 12.8. The van der Waals surface area contributed by atoms with Crippen molar-refractivity contribution in [2.24, 2.45) is 5.92 Å². The lowest BCUT2D eigenvalue weighted by molar-refractivity contribution is -0.143. The molecule has 1 rings (SSSR count). The molecule has 0 aromatic carbocycles. The van der Waals surface area contributed by atoms with Crippen LogP contribution in [0.15, 0.2) is 0 Å². The molecule has 0 aromatic heterocycles. The van der Waals surface area contributed by atoms with Crippen molar-refractivity contribution < 1.29 is 9.53 Å². The van der Waals surface area contributed by atoms with E-state index in [1.54, 1.807) is 0 Å². The summed E-state index contributed by atoms with van der Waals surface area (Å²) in [7, 11) is 1.46. The molecule has 1 N–H and O–H groups in total. The maximum atomic E-state index is 11.6. The van der Waals surface area contributed by atoms with Crippen molar-refractivity contribution in [3.63, 3.8) is 0 Å². The number of piperidine rings is 1. The molecule has 1 heterocycles. The van der Waals surface area contributed by atoms with Crippen molar-refractivity contribution >= 4 is 5.97 Å². The van der Waals surface area contributed by atoms with Gasteiger partial charge in [-0.25, -0.2) is 0 Å². The predicted octanol–water partition coefficient (Wildman–Crippen LogP) is 2.04. The van der Waals surface area contributed by atoms with Gasteiger partial charge in [0.1, 0.15) is 6.04 Å². The lowest BCUT2D eigenvalue weighted by Crippen LogP contribution is -2.42. The molecule has 0 radical (unpaired) electrons. The number of likely N-dealkylation sites (tertiary alicyclic amines) is 1. The van der Waals surface area contributed by atoms with Crippen LogP contribution in [0, 0.1) is 5.92 Å². The lowest BCUT2D eigenvalue weighted by Gasteiger charge is -2.32. The molecular weight excluding hydrogens is 240 g/mol. The van der Waals surface area contributed by atoms with E-state index < -0.39 is 0 Å². The van der Waals surface area contributed by atoms with Crippen LogP contribution in [0.3, 0.4) is 0 Å². The van der Waals surface area contributed by atoms with Crippen molar-refractivity contribution in [2.75, 3.05) is 33.3 Å². The van der Waals surface area contributed by atoms with Crippen LogP contribution in [-0.2, 0) is 9.53 Å². The van der Waals surface area contributed by atoms with Gasteiger partial charge >= 0.3 is 5.97 Å². The summed E-state index contributed by atoms with van der Waals surface area (Å²) >= 11 is 0. The highest BCUT2D eigenvalue weighted by Gasteiger charge is 2.22. The Bertz CT molecular complexity index is 251. The second-order valence-corrected chi connectivity index (χ2v) is 5.50. The van der Waals surface area contributed by atoms with Crippen LogP contribution < -0.4 is 5.32 Å². The summed E-state index contributed by atoms with van der Waals surface area (Å²) in [6, 6.07) is -0.150. The lowest BCUT2D eigenvalue weighted by atomic mass is 9.92. The first kappa shape index (κ1) is 16.4. The predicted molar refractivity (Wildman–Crippen MR) is 78.2 cm³/mol. The minimum Gasteiger partial charge on any atom is -0.468 e. The fourth-order valence-electron chi connectivity index (χ4n) is 2.91. The highest BCUT2D eigenvalue weighted by atomic mass is 16.5. The van der Waals surface area contributed by atoms with Crippen molar-refractivity contribution in [1.29, 1.82) is 0 Å². The van der Waals surface area contributed by atoms with Crippen molar-refractivity contribution in [3.8, 4) is 0 Å². The van der Waals surface area contributed by atoms with E-state index in [1.165, 1.54) is 45.9 Å². The van der Waals surface area contributed by atoms with Crippen molar-refractivity contribution in [1.82, 2.24) is 10.2 Å². The number of hydrogen-bond acceptors (Lipinski definition) is 4. The van der Waals surface area contributed by atoms with Crippen LogP contribution in [0.4, 0.5) is 0 Å². The number of carbonyl (C=O) groups is 1. The molecule has 0 bridgehead atoms. The van der Waals surface area contributed by atoms with Crippen LogP contribution in [0.5, 0.6) is 0 Å². The number of esters is 1. The van der Waals surface area contributed by atoms with Gasteiger partial charge in [-0.2, -0.15) is 0 Å². The van der Waals surface area contributed by atoms with Crippen LogP contribution in [-0.4, -0.2) is 50.2 Å². The number of nitrogens with one attached hydrogen (secondary N) is 1. The number of nitrogens with zero attached hydrogens (tertiary/aromatic N) is 1. The second kappa shape index (κ2) is 9.32. The van der Waals surface area contributed by atoms with E-state index in [-0.39, 0.29) is 12.0 Å². The van der Waals surface area contributed by atoms with Gasteiger partial charge in [-0.15, -0.1) is 0 Å². The Hall–Kier alpha value is -0.610. The summed E-state index contributed by atoms with van der Waals surface area (Å²) in [6.07, 6.45) is 6.15. The van der Waals surface area contributed by atoms with E-state index in [0.29, 0.717) is 0 Å². The molecule has 1 fully saturated rings. The molecule has 1 aliphatic heterocycles. The molecule has 1 saturated heterocycles. The van der Waals surface area contributed by atoms with E-state index in [9.17, 15) is 4.79 Å². The molecule has 4 heteroatoms. The Labute approximate surface area is 117 Å². The summed E-state index contributed by atoms with van der Waals surface area (Å²) in [4.78, 5) is 14.1. The van der Waals surface area contributed by atoms with Crippen molar-refractivity contribution in [3.05, 3.63) is 0 Å². The zero-order chi connectivity index (χ0) is 14.1. The van der Waals surface area contributed by atoms with Gasteiger partial charge in [0.15, 0.2) is 0 Å². The SMILES string of the molecule is CCCC1CCN(CCC(NCC)C(=O)OC)CC1. The summed E-state index contributed by atoms with van der Waals surface area (Å²) < 4.78 is 4.83. The number of methoxy groups -OCH3 is 1. The fourth-order valence-corrected chi connectivity index (χ4v) is 2.91. The number of likely N-dealkylation sites (N-methyl/N-ethyl adjacent to an activating group) is 1. The molecule has 0 amide bonds. The normalized spacial score (nSPS) is 19.3. The minimum absolute atomic E-state index is 0.136. The molecule has 19 heavy (non-hydrogen) atoms. The second-order valence-electron chi connectivity index (χ2n) is 5.50. The standard InChI is InChI=1S/C15H30N2O2/c1-4-6-13-7-10-17(11-8-13)12-9-14(16-5-2)15(18)19-3/h13-14,16H,4-12H2,1-3H3. The van der Waals surface area contributed by atoms with Gasteiger partial charge in [0, 0.05) is 6.54 Å². The van der Waals surface area contributed by atoms with Gasteiger partial charge in [0.05, 0.1) is 7.11 Å². The van der Waals surface area contributed by atoms with Crippen molar-refractivity contribution in [2.45, 2.75) is 52.0 Å². The fraction of sp³-hybridized carbons (Fsp3) is 0.933. The van der Waals surface area contributed by atoms with Gasteiger partial charge in [-0.3, -0.25) is 4.79 Å². The number of rotatable bonds is 8. The van der Waals surface area contributed by atoms with Gasteiger partial charge in [-0.05, 0) is 44.8 Å². The first-order valence-electron chi connectivity index (χ1n) is 7.74. The molecule has 4 nitrogen and oxygen atoms in total. The summed E-state index contributed by atoms with van der Waals surface area (Å²) in [5.41, 5.74) is 0. The Morgan fingerprint density at radius 1 is 1.37 bits per heavy atom. The highest BCUT2D eigenvalue weighted by molar-refractivity contribution is 5.75. The average Bonchev–Trinajstić information content (AvgIpc) is 2.44. The van der Waals surface area contributed by atoms with Gasteiger partial charge in [0.25, 0.3) is 0 Å². The number of carbonyl (C=O) groups excluding carboxylic acids is 1. The average molecular weight is 270 g/mol. The van der Waals surface area contributed by atoms with E-state index in [2.05, 4.69) is 17.1 Å². The van der Waals surface area contributed by atoms with E-state index in [1.807, 2.05) is 6.92 Å². The topological polar surface area (TPSA) is 41.6 Å². The third kappa shape index (κ3) is 5.91. The zero-order valence-corrected chi connectivity index (χ0v) is 12.8. The Kier molecular flexibility index (Phi) is 8.07. The molecule has 0 aliphatic carbocycles. The molecule has 0 aromatic rings. The maximum absolute atomic E-state index is 11.6. The third-order valence-electron chi connectivity index (χ3n) is 4.07. The van der Waals surface area contributed by atoms with Gasteiger partial charge in [0.2, 0.25) is 0 Å². The van der Waals surface area contributed by atoms with Crippen LogP contribution in [0.25, 0.3) is 0 Å². The first-order valence-corrected chi connectivity index (χ1v) is 7.74. The van der Waals surface area contributed by atoms with E-state index in [0.717, 1.165) is 25.4 Å². The first-order chi connectivity index (χ1) is 9.21. The summed E-state index contributed by atoms with van der Waals surface area (Å²) in [5, 5.41) is 3.20. The molecule has 1 aliphatic rings. The number of ether oxygens (including phenoxy) is 1. The largest absolute Gasteiger partial charge is 0.468 e. The quantitative estimate of drug-likeness (QED) is 0.685. The van der Waals surface area contributed by atoms with Gasteiger partial charge in [-0.1, -0.05) is 26.7 Å². The molecule has 0 saturated carbocycles. The summed E-state index contributed by atoms with van der Waals surface area (Å²) in [6.45, 7) is 8.45. The van der Waals surface area contributed by atoms with E-state index >= 15 is 0 Å². The molecule has 0 spiro atoms. The smallest absolute Gasteiger partial charge is 0.322 e. The monoisotopic (exact) mass is 270 g/mol. The third-order valence-corrected chi connectivity index (χ3v) is 4.07.